The molecule has 0 fully saturated rings. The van der Waals surface area contributed by atoms with Crippen molar-refractivity contribution in [3.05, 3.63) is 42.3 Å². The van der Waals surface area contributed by atoms with E-state index in [0.29, 0.717) is 17.1 Å². The third-order valence-corrected chi connectivity index (χ3v) is 2.51. The summed E-state index contributed by atoms with van der Waals surface area (Å²) in [5, 5.41) is 3.81. The van der Waals surface area contributed by atoms with Gasteiger partial charge in [-0.15, -0.1) is 0 Å². The van der Waals surface area contributed by atoms with Gasteiger partial charge in [0.25, 0.3) is 5.89 Å². The van der Waals surface area contributed by atoms with Gasteiger partial charge in [0.2, 0.25) is 5.82 Å². The second kappa shape index (κ2) is 3.99. The van der Waals surface area contributed by atoms with Crippen LogP contribution in [0, 0.1) is 5.82 Å². The molecule has 1 aromatic carbocycles. The predicted molar refractivity (Wildman–Crippen MR) is 63.9 cm³/mol. The second-order valence-electron chi connectivity index (χ2n) is 3.74. The van der Waals surface area contributed by atoms with Gasteiger partial charge in [-0.3, -0.25) is 0 Å². The van der Waals surface area contributed by atoms with Crippen molar-refractivity contribution in [3.63, 3.8) is 0 Å². The number of H-pyrrole nitrogens is 1. The molecule has 0 aliphatic carbocycles. The summed E-state index contributed by atoms with van der Waals surface area (Å²) in [4.78, 5) is 7.12. The molecule has 0 unspecified atom stereocenters. The fourth-order valence-electron chi connectivity index (χ4n) is 1.63. The lowest BCUT2D eigenvalue weighted by Gasteiger charge is -1.99. The Morgan fingerprint density at radius 3 is 2.94 bits per heavy atom. The van der Waals surface area contributed by atoms with E-state index in [9.17, 15) is 4.39 Å². The molecule has 5 nitrogen and oxygen atoms in total. The maximum atomic E-state index is 13.2. The smallest absolute Gasteiger partial charge is 0.260 e. The Hall–Kier alpha value is -2.63. The van der Waals surface area contributed by atoms with Crippen molar-refractivity contribution in [2.75, 3.05) is 5.73 Å². The number of halogens is 1. The van der Waals surface area contributed by atoms with E-state index < -0.39 is 5.82 Å². The second-order valence-corrected chi connectivity index (χ2v) is 3.74. The van der Waals surface area contributed by atoms with E-state index in [1.807, 2.05) is 12.1 Å². The summed E-state index contributed by atoms with van der Waals surface area (Å²) < 4.78 is 18.2. The molecule has 0 aliphatic heterocycles. The van der Waals surface area contributed by atoms with Gasteiger partial charge in [-0.2, -0.15) is 4.98 Å². The van der Waals surface area contributed by atoms with Gasteiger partial charge in [-0.1, -0.05) is 5.16 Å². The normalized spacial score (nSPS) is 10.7. The fraction of sp³-hybridized carbons (Fsp3) is 0. The fourth-order valence-corrected chi connectivity index (χ4v) is 1.63. The van der Waals surface area contributed by atoms with Crippen molar-refractivity contribution in [1.82, 2.24) is 15.1 Å². The zero-order valence-electron chi connectivity index (χ0n) is 9.22. The molecule has 18 heavy (non-hydrogen) atoms. The Labute approximate surface area is 101 Å². The summed E-state index contributed by atoms with van der Waals surface area (Å²) in [5.41, 5.74) is 7.25. The standard InChI is InChI=1S/C12H9FN4O/c13-7-3-4-9(14)8(6-7)12-16-11(17-18-12)10-2-1-5-15-10/h1-6,15H,14H2. The van der Waals surface area contributed by atoms with Crippen LogP contribution in [0.15, 0.2) is 41.1 Å². The zero-order valence-corrected chi connectivity index (χ0v) is 9.22. The van der Waals surface area contributed by atoms with Crippen LogP contribution in [0.3, 0.4) is 0 Å². The van der Waals surface area contributed by atoms with Crippen LogP contribution < -0.4 is 5.73 Å². The van der Waals surface area contributed by atoms with Crippen molar-refractivity contribution in [1.29, 1.82) is 0 Å². The molecule has 0 aliphatic rings. The Balaban J connectivity index is 2.05. The topological polar surface area (TPSA) is 80.7 Å². The van der Waals surface area contributed by atoms with Crippen LogP contribution in [0.2, 0.25) is 0 Å². The van der Waals surface area contributed by atoms with E-state index in [0.717, 1.165) is 5.69 Å². The van der Waals surface area contributed by atoms with Gasteiger partial charge in [0.15, 0.2) is 0 Å². The Morgan fingerprint density at radius 1 is 1.28 bits per heavy atom. The molecular formula is C12H9FN4O. The van der Waals surface area contributed by atoms with Crippen molar-refractivity contribution in [2.24, 2.45) is 0 Å². The minimum atomic E-state index is -0.404. The first-order valence-electron chi connectivity index (χ1n) is 5.27. The SMILES string of the molecule is Nc1ccc(F)cc1-c1nc(-c2ccc[nH]2)no1. The van der Waals surface area contributed by atoms with Crippen molar-refractivity contribution < 1.29 is 8.91 Å². The monoisotopic (exact) mass is 244 g/mol. The first-order valence-corrected chi connectivity index (χ1v) is 5.27. The Morgan fingerprint density at radius 2 is 2.17 bits per heavy atom. The van der Waals surface area contributed by atoms with Gasteiger partial charge < -0.3 is 15.2 Å². The van der Waals surface area contributed by atoms with Crippen LogP contribution in [0.5, 0.6) is 0 Å². The van der Waals surface area contributed by atoms with Crippen LogP contribution in [-0.2, 0) is 0 Å². The Bertz CT molecular complexity index is 675. The van der Waals surface area contributed by atoms with E-state index in [-0.39, 0.29) is 5.89 Å². The first kappa shape index (κ1) is 10.5. The molecule has 0 bridgehead atoms. The lowest BCUT2D eigenvalue weighted by atomic mass is 10.2. The zero-order chi connectivity index (χ0) is 12.5. The number of hydrogen-bond acceptors (Lipinski definition) is 4. The quantitative estimate of drug-likeness (QED) is 0.678. The molecule has 90 valence electrons. The molecule has 0 atom stereocenters. The maximum absolute atomic E-state index is 13.2. The Kier molecular flexibility index (Phi) is 2.33. The van der Waals surface area contributed by atoms with Crippen molar-refractivity contribution >= 4 is 5.69 Å². The number of nitrogens with two attached hydrogens (primary N) is 1. The lowest BCUT2D eigenvalue weighted by molar-refractivity contribution is 0.432. The number of benzene rings is 1. The summed E-state index contributed by atoms with van der Waals surface area (Å²) in [7, 11) is 0. The van der Waals surface area contributed by atoms with Crippen molar-refractivity contribution in [3.8, 4) is 23.0 Å². The highest BCUT2D eigenvalue weighted by molar-refractivity contribution is 5.71. The van der Waals surface area contributed by atoms with Crippen molar-refractivity contribution in [2.45, 2.75) is 0 Å². The molecule has 0 saturated carbocycles. The molecule has 3 N–H and O–H groups in total. The third-order valence-electron chi connectivity index (χ3n) is 2.51. The van der Waals surface area contributed by atoms with Gasteiger partial charge in [-0.25, -0.2) is 4.39 Å². The van der Waals surface area contributed by atoms with Crippen LogP contribution in [0.1, 0.15) is 0 Å². The third kappa shape index (κ3) is 1.73. The van der Waals surface area contributed by atoms with Crippen LogP contribution >= 0.6 is 0 Å². The average molecular weight is 244 g/mol. The molecular weight excluding hydrogens is 235 g/mol. The van der Waals surface area contributed by atoms with Crippen LogP contribution in [-0.4, -0.2) is 15.1 Å². The van der Waals surface area contributed by atoms with Gasteiger partial charge in [-0.05, 0) is 30.3 Å². The molecule has 3 aromatic rings. The number of hydrogen-bond donors (Lipinski definition) is 2. The maximum Gasteiger partial charge on any atom is 0.260 e. The van der Waals surface area contributed by atoms with Gasteiger partial charge in [0.1, 0.15) is 5.82 Å². The number of nitrogens with one attached hydrogen (secondary N) is 1. The molecule has 0 radical (unpaired) electrons. The minimum Gasteiger partial charge on any atom is -0.398 e. The van der Waals surface area contributed by atoms with E-state index >= 15 is 0 Å². The average Bonchev–Trinajstić information content (AvgIpc) is 3.00. The predicted octanol–water partition coefficient (Wildman–Crippen LogP) is 2.45. The number of rotatable bonds is 2. The summed E-state index contributed by atoms with van der Waals surface area (Å²) in [6, 6.07) is 7.64. The van der Waals surface area contributed by atoms with Crippen LogP contribution in [0.25, 0.3) is 23.0 Å². The van der Waals surface area contributed by atoms with Crippen LogP contribution in [0.4, 0.5) is 10.1 Å². The summed E-state index contributed by atoms with van der Waals surface area (Å²) >= 11 is 0. The molecule has 0 spiro atoms. The number of nitrogens with zero attached hydrogens (tertiary/aromatic N) is 2. The molecule has 6 heteroatoms. The van der Waals surface area contributed by atoms with Gasteiger partial charge >= 0.3 is 0 Å². The minimum absolute atomic E-state index is 0.191. The first-order chi connectivity index (χ1) is 8.74. The molecule has 3 rings (SSSR count). The molecule has 0 saturated heterocycles. The van der Waals surface area contributed by atoms with E-state index in [4.69, 9.17) is 10.3 Å². The number of anilines is 1. The number of aromatic nitrogens is 3. The highest BCUT2D eigenvalue weighted by atomic mass is 19.1. The lowest BCUT2D eigenvalue weighted by Crippen LogP contribution is -1.91. The summed E-state index contributed by atoms with van der Waals surface area (Å²) in [5.74, 6) is 0.189. The highest BCUT2D eigenvalue weighted by Crippen LogP contribution is 2.26. The molecule has 0 amide bonds. The van der Waals surface area contributed by atoms with E-state index in [1.165, 1.54) is 18.2 Å². The van der Waals surface area contributed by atoms with E-state index in [1.54, 1.807) is 6.20 Å². The molecule has 2 heterocycles. The largest absolute Gasteiger partial charge is 0.398 e. The van der Waals surface area contributed by atoms with Gasteiger partial charge in [0, 0.05) is 11.9 Å². The molecule has 2 aromatic heterocycles. The number of aromatic amines is 1. The summed E-state index contributed by atoms with van der Waals surface area (Å²) in [6.07, 6.45) is 1.75. The van der Waals surface area contributed by atoms with E-state index in [2.05, 4.69) is 15.1 Å². The number of nitrogen functional groups attached to an aromatic ring is 1. The highest BCUT2D eigenvalue weighted by Gasteiger charge is 2.14. The van der Waals surface area contributed by atoms with Gasteiger partial charge in [0.05, 0.1) is 11.3 Å². The summed E-state index contributed by atoms with van der Waals surface area (Å²) in [6.45, 7) is 0.